The number of nitrogens with zero attached hydrogens (tertiary/aromatic N) is 2. The average Bonchev–Trinajstić information content (AvgIpc) is 3.43. The first-order valence-electron chi connectivity index (χ1n) is 10.2. The van der Waals surface area contributed by atoms with Crippen molar-refractivity contribution in [2.24, 2.45) is 0 Å². The van der Waals surface area contributed by atoms with Gasteiger partial charge in [0.1, 0.15) is 6.26 Å². The molecular formula is C23H24N4O4. The number of hydrogen-bond donors (Lipinski definition) is 2. The number of benzene rings is 1. The Morgan fingerprint density at radius 3 is 2.74 bits per heavy atom. The highest BCUT2D eigenvalue weighted by Crippen LogP contribution is 2.29. The van der Waals surface area contributed by atoms with Gasteiger partial charge in [0.15, 0.2) is 11.6 Å². The summed E-state index contributed by atoms with van der Waals surface area (Å²) in [5.41, 5.74) is 4.67. The molecule has 0 atom stereocenters. The van der Waals surface area contributed by atoms with E-state index in [-0.39, 0.29) is 24.0 Å². The standard InChI is InChI=1S/C23H24N4O4/c1-4-8-27-12-17-20(23(27)30)14(3)21(24-17)18(28)11-16-10-15(6-5-13(16)2)22(29)25-19-7-9-31-26-19/h5-7,9-10,24H,4,8,11-12H2,1-3H3,(H,25,26,29). The van der Waals surface area contributed by atoms with Crippen molar-refractivity contribution in [2.45, 2.75) is 40.2 Å². The molecule has 0 saturated carbocycles. The molecule has 0 aliphatic carbocycles. The first-order valence-corrected chi connectivity index (χ1v) is 10.2. The molecule has 1 aliphatic rings. The molecule has 0 saturated heterocycles. The third kappa shape index (κ3) is 3.88. The van der Waals surface area contributed by atoms with Gasteiger partial charge in [-0.1, -0.05) is 18.1 Å². The Balaban J connectivity index is 1.53. The molecule has 0 bridgehead atoms. The van der Waals surface area contributed by atoms with E-state index in [0.29, 0.717) is 41.3 Å². The molecule has 0 spiro atoms. The van der Waals surface area contributed by atoms with Gasteiger partial charge in [0.05, 0.1) is 17.8 Å². The summed E-state index contributed by atoms with van der Waals surface area (Å²) in [5, 5.41) is 6.32. The van der Waals surface area contributed by atoms with E-state index in [1.54, 1.807) is 23.1 Å². The number of ketones is 1. The Kier molecular flexibility index (Phi) is 5.46. The van der Waals surface area contributed by atoms with E-state index in [9.17, 15) is 14.4 Å². The van der Waals surface area contributed by atoms with Gasteiger partial charge in [-0.05, 0) is 49.1 Å². The van der Waals surface area contributed by atoms with Gasteiger partial charge >= 0.3 is 0 Å². The van der Waals surface area contributed by atoms with Gasteiger partial charge in [0.2, 0.25) is 0 Å². The van der Waals surface area contributed by atoms with E-state index < -0.39 is 0 Å². The maximum Gasteiger partial charge on any atom is 0.256 e. The number of hydrogen-bond acceptors (Lipinski definition) is 5. The van der Waals surface area contributed by atoms with Crippen LogP contribution < -0.4 is 5.32 Å². The van der Waals surface area contributed by atoms with Crippen molar-refractivity contribution in [3.05, 3.63) is 69.7 Å². The van der Waals surface area contributed by atoms with E-state index in [1.165, 1.54) is 6.26 Å². The summed E-state index contributed by atoms with van der Waals surface area (Å²) in [6.07, 6.45) is 2.39. The minimum atomic E-state index is -0.334. The molecule has 0 fully saturated rings. The molecule has 31 heavy (non-hydrogen) atoms. The number of aromatic amines is 1. The quantitative estimate of drug-likeness (QED) is 0.567. The van der Waals surface area contributed by atoms with Crippen LogP contribution in [0.25, 0.3) is 0 Å². The van der Waals surface area contributed by atoms with Crippen LogP contribution in [-0.4, -0.2) is 39.2 Å². The van der Waals surface area contributed by atoms with Crippen molar-refractivity contribution in [3.8, 4) is 0 Å². The third-order valence-electron chi connectivity index (χ3n) is 5.59. The Morgan fingerprint density at radius 2 is 2.06 bits per heavy atom. The summed E-state index contributed by atoms with van der Waals surface area (Å²) in [7, 11) is 0. The van der Waals surface area contributed by atoms with Gasteiger partial charge in [-0.15, -0.1) is 0 Å². The summed E-state index contributed by atoms with van der Waals surface area (Å²) < 4.78 is 4.72. The van der Waals surface area contributed by atoms with Crippen LogP contribution in [0, 0.1) is 13.8 Å². The minimum absolute atomic E-state index is 0.0210. The molecule has 3 aromatic rings. The molecule has 2 aromatic heterocycles. The van der Waals surface area contributed by atoms with E-state index in [0.717, 1.165) is 23.2 Å². The summed E-state index contributed by atoms with van der Waals surface area (Å²) in [4.78, 5) is 43.2. The van der Waals surface area contributed by atoms with Crippen molar-refractivity contribution in [1.29, 1.82) is 0 Å². The Labute approximate surface area is 179 Å². The molecule has 1 aromatic carbocycles. The normalized spacial score (nSPS) is 12.9. The molecule has 2 amide bonds. The lowest BCUT2D eigenvalue weighted by Gasteiger charge is -2.15. The van der Waals surface area contributed by atoms with Gasteiger partial charge in [0.25, 0.3) is 11.8 Å². The van der Waals surface area contributed by atoms with Crippen molar-refractivity contribution < 1.29 is 18.9 Å². The van der Waals surface area contributed by atoms with Crippen molar-refractivity contribution >= 4 is 23.4 Å². The second-order valence-electron chi connectivity index (χ2n) is 7.79. The molecule has 0 radical (unpaired) electrons. The van der Waals surface area contributed by atoms with Crippen molar-refractivity contribution in [2.75, 3.05) is 11.9 Å². The zero-order valence-corrected chi connectivity index (χ0v) is 17.7. The number of Topliss-reactive ketones (excluding diaryl/α,β-unsaturated/α-hetero) is 1. The molecule has 8 heteroatoms. The summed E-state index contributed by atoms with van der Waals surface area (Å²) >= 11 is 0. The highest BCUT2D eigenvalue weighted by atomic mass is 16.5. The van der Waals surface area contributed by atoms with Gasteiger partial charge in [-0.2, -0.15) is 0 Å². The number of aromatic nitrogens is 2. The van der Waals surface area contributed by atoms with Crippen LogP contribution in [0.3, 0.4) is 0 Å². The molecule has 8 nitrogen and oxygen atoms in total. The number of H-pyrrole nitrogens is 1. The Hall–Kier alpha value is -3.68. The Morgan fingerprint density at radius 1 is 1.26 bits per heavy atom. The average molecular weight is 420 g/mol. The van der Waals surface area contributed by atoms with Crippen molar-refractivity contribution in [3.63, 3.8) is 0 Å². The largest absolute Gasteiger partial charge is 0.363 e. The van der Waals surface area contributed by atoms with Gasteiger partial charge in [0, 0.05) is 30.3 Å². The predicted octanol–water partition coefficient (Wildman–Crippen LogP) is 3.66. The number of nitrogens with one attached hydrogen (secondary N) is 2. The topological polar surface area (TPSA) is 108 Å². The fourth-order valence-electron chi connectivity index (χ4n) is 3.95. The number of carbonyl (C=O) groups is 3. The zero-order chi connectivity index (χ0) is 22.1. The molecule has 1 aliphatic heterocycles. The predicted molar refractivity (Wildman–Crippen MR) is 114 cm³/mol. The van der Waals surface area contributed by atoms with Crippen LogP contribution in [0.4, 0.5) is 5.82 Å². The Bertz CT molecular complexity index is 1160. The number of amides is 2. The molecule has 4 rings (SSSR count). The first-order chi connectivity index (χ1) is 14.9. The fourth-order valence-corrected chi connectivity index (χ4v) is 3.95. The molecule has 2 N–H and O–H groups in total. The SMILES string of the molecule is CCCN1Cc2[nH]c(C(=O)Cc3cc(C(=O)Nc4ccon4)ccc3C)c(C)c2C1=O. The fraction of sp³-hybridized carbons (Fsp3) is 0.304. The van der Waals surface area contributed by atoms with Crippen LogP contribution in [-0.2, 0) is 13.0 Å². The van der Waals surface area contributed by atoms with Crippen LogP contribution >= 0.6 is 0 Å². The summed E-state index contributed by atoms with van der Waals surface area (Å²) in [6.45, 7) is 6.95. The second-order valence-corrected chi connectivity index (χ2v) is 7.79. The molecule has 0 unspecified atom stereocenters. The number of fused-ring (bicyclic) bond motifs is 1. The van der Waals surface area contributed by atoms with Gasteiger partial charge < -0.3 is 19.7 Å². The highest BCUT2D eigenvalue weighted by Gasteiger charge is 2.33. The van der Waals surface area contributed by atoms with E-state index in [1.807, 2.05) is 26.8 Å². The van der Waals surface area contributed by atoms with E-state index in [4.69, 9.17) is 4.52 Å². The lowest BCUT2D eigenvalue weighted by Crippen LogP contribution is -2.25. The lowest BCUT2D eigenvalue weighted by molar-refractivity contribution is 0.0776. The highest BCUT2D eigenvalue weighted by molar-refractivity contribution is 6.06. The van der Waals surface area contributed by atoms with Crippen molar-refractivity contribution in [1.82, 2.24) is 15.0 Å². The molecule has 3 heterocycles. The lowest BCUT2D eigenvalue weighted by atomic mass is 9.97. The second kappa shape index (κ2) is 8.22. The number of rotatable bonds is 7. The van der Waals surface area contributed by atoms with E-state index in [2.05, 4.69) is 15.5 Å². The first kappa shape index (κ1) is 20.6. The monoisotopic (exact) mass is 420 g/mol. The van der Waals surface area contributed by atoms with Crippen LogP contribution in [0.2, 0.25) is 0 Å². The van der Waals surface area contributed by atoms with Crippen LogP contribution in [0.5, 0.6) is 0 Å². The molecule has 160 valence electrons. The summed E-state index contributed by atoms with van der Waals surface area (Å²) in [5.74, 6) is -0.146. The smallest absolute Gasteiger partial charge is 0.256 e. The van der Waals surface area contributed by atoms with Gasteiger partial charge in [-0.3, -0.25) is 14.4 Å². The number of aryl methyl sites for hydroxylation is 1. The third-order valence-corrected chi connectivity index (χ3v) is 5.59. The maximum absolute atomic E-state index is 13.1. The maximum atomic E-state index is 13.1. The molecular weight excluding hydrogens is 396 g/mol. The minimum Gasteiger partial charge on any atom is -0.363 e. The number of carbonyl (C=O) groups excluding carboxylic acids is 3. The van der Waals surface area contributed by atoms with Gasteiger partial charge in [-0.25, -0.2) is 0 Å². The van der Waals surface area contributed by atoms with E-state index >= 15 is 0 Å². The zero-order valence-electron chi connectivity index (χ0n) is 17.7. The van der Waals surface area contributed by atoms with Crippen LogP contribution in [0.15, 0.2) is 35.1 Å². The van der Waals surface area contributed by atoms with Crippen LogP contribution in [0.1, 0.15) is 66.9 Å². The summed E-state index contributed by atoms with van der Waals surface area (Å²) in [6, 6.07) is 6.78. The number of anilines is 1.